The van der Waals surface area contributed by atoms with Crippen LogP contribution in [-0.4, -0.2) is 21.6 Å². The van der Waals surface area contributed by atoms with Crippen molar-refractivity contribution >= 4 is 5.91 Å². The Hall–Kier alpha value is -2.17. The molecule has 2 aromatic rings. The number of carbonyl (C=O) groups is 1. The van der Waals surface area contributed by atoms with Crippen molar-refractivity contribution in [1.82, 2.24) is 9.55 Å². The average Bonchev–Trinajstić information content (AvgIpc) is 2.84. The van der Waals surface area contributed by atoms with Crippen LogP contribution in [0.3, 0.4) is 0 Å². The molecule has 0 saturated heterocycles. The lowest BCUT2D eigenvalue weighted by Crippen LogP contribution is -2.28. The fraction of sp³-hybridized carbons (Fsp3) is 0.167. The summed E-state index contributed by atoms with van der Waals surface area (Å²) in [5, 5.41) is 0. The standard InChI is InChI=1S/C12H11FN2O2/c1-9(12(16)15-7-6-14-8-15)17-11-5-3-2-4-10(11)13/h2-9H,1H3. The molecule has 1 unspecified atom stereocenters. The number of halogens is 1. The predicted octanol–water partition coefficient (Wildman–Crippen LogP) is 2.13. The predicted molar refractivity (Wildman–Crippen MR) is 59.3 cm³/mol. The average molecular weight is 234 g/mol. The van der Waals surface area contributed by atoms with Gasteiger partial charge in [-0.25, -0.2) is 9.37 Å². The quantitative estimate of drug-likeness (QED) is 0.817. The van der Waals surface area contributed by atoms with Gasteiger partial charge in [0.05, 0.1) is 0 Å². The molecule has 0 saturated carbocycles. The first-order valence-corrected chi connectivity index (χ1v) is 5.12. The van der Waals surface area contributed by atoms with Crippen LogP contribution in [-0.2, 0) is 0 Å². The molecule has 0 aliphatic rings. The van der Waals surface area contributed by atoms with E-state index in [4.69, 9.17) is 4.74 Å². The normalized spacial score (nSPS) is 12.1. The highest BCUT2D eigenvalue weighted by Crippen LogP contribution is 2.17. The van der Waals surface area contributed by atoms with Crippen LogP contribution < -0.4 is 4.74 Å². The molecule has 0 bridgehead atoms. The summed E-state index contributed by atoms with van der Waals surface area (Å²) in [6.07, 6.45) is 3.61. The van der Waals surface area contributed by atoms with Gasteiger partial charge >= 0.3 is 0 Å². The van der Waals surface area contributed by atoms with E-state index < -0.39 is 11.9 Å². The molecule has 0 radical (unpaired) electrons. The van der Waals surface area contributed by atoms with Gasteiger partial charge in [-0.2, -0.15) is 0 Å². The van der Waals surface area contributed by atoms with E-state index in [-0.39, 0.29) is 11.7 Å². The molecule has 2 rings (SSSR count). The molecule has 5 heteroatoms. The Labute approximate surface area is 97.7 Å². The summed E-state index contributed by atoms with van der Waals surface area (Å²) in [6.45, 7) is 1.56. The number of hydrogen-bond acceptors (Lipinski definition) is 3. The van der Waals surface area contributed by atoms with Crippen molar-refractivity contribution in [2.45, 2.75) is 13.0 Å². The molecule has 1 aromatic heterocycles. The zero-order valence-electron chi connectivity index (χ0n) is 9.21. The molecule has 0 amide bonds. The highest BCUT2D eigenvalue weighted by molar-refractivity contribution is 5.83. The SMILES string of the molecule is CC(Oc1ccccc1F)C(=O)n1ccnc1. The first kappa shape index (κ1) is 11.3. The molecular formula is C12H11FN2O2. The van der Waals surface area contributed by atoms with Crippen LogP contribution in [0.5, 0.6) is 5.75 Å². The van der Waals surface area contributed by atoms with Crippen LogP contribution in [0.2, 0.25) is 0 Å². The van der Waals surface area contributed by atoms with Crippen molar-refractivity contribution < 1.29 is 13.9 Å². The van der Waals surface area contributed by atoms with E-state index in [9.17, 15) is 9.18 Å². The smallest absolute Gasteiger partial charge is 0.272 e. The summed E-state index contributed by atoms with van der Waals surface area (Å²) in [7, 11) is 0. The van der Waals surface area contributed by atoms with Gasteiger partial charge in [0.15, 0.2) is 17.7 Å². The summed E-state index contributed by atoms with van der Waals surface area (Å²) >= 11 is 0. The molecule has 88 valence electrons. The molecule has 0 fully saturated rings. The van der Waals surface area contributed by atoms with Gasteiger partial charge in [-0.3, -0.25) is 9.36 Å². The van der Waals surface area contributed by atoms with E-state index in [0.717, 1.165) is 0 Å². The monoisotopic (exact) mass is 234 g/mol. The van der Waals surface area contributed by atoms with Crippen molar-refractivity contribution in [1.29, 1.82) is 0 Å². The van der Waals surface area contributed by atoms with E-state index in [2.05, 4.69) is 4.98 Å². The van der Waals surface area contributed by atoms with Crippen LogP contribution in [0.1, 0.15) is 11.7 Å². The fourth-order valence-corrected chi connectivity index (χ4v) is 1.38. The van der Waals surface area contributed by atoms with Gasteiger partial charge in [0.25, 0.3) is 5.91 Å². The highest BCUT2D eigenvalue weighted by atomic mass is 19.1. The maximum atomic E-state index is 13.3. The Balaban J connectivity index is 2.10. The van der Waals surface area contributed by atoms with Gasteiger partial charge in [-0.15, -0.1) is 0 Å². The third kappa shape index (κ3) is 2.50. The van der Waals surface area contributed by atoms with Crippen molar-refractivity contribution in [3.8, 4) is 5.75 Å². The van der Waals surface area contributed by atoms with Crippen molar-refractivity contribution in [3.63, 3.8) is 0 Å². The molecular weight excluding hydrogens is 223 g/mol. The van der Waals surface area contributed by atoms with Crippen LogP contribution in [0.25, 0.3) is 0 Å². The molecule has 17 heavy (non-hydrogen) atoms. The van der Waals surface area contributed by atoms with Crippen LogP contribution in [0.4, 0.5) is 4.39 Å². The Morgan fingerprint density at radius 2 is 2.24 bits per heavy atom. The van der Waals surface area contributed by atoms with Gasteiger partial charge in [0.1, 0.15) is 6.33 Å². The number of ether oxygens (including phenoxy) is 1. The van der Waals surface area contributed by atoms with Crippen LogP contribution in [0.15, 0.2) is 43.0 Å². The largest absolute Gasteiger partial charge is 0.478 e. The number of nitrogens with zero attached hydrogens (tertiary/aromatic N) is 2. The van der Waals surface area contributed by atoms with Crippen molar-refractivity contribution in [3.05, 3.63) is 48.8 Å². The molecule has 1 atom stereocenters. The molecule has 0 aliphatic carbocycles. The number of para-hydroxylation sites is 1. The van der Waals surface area contributed by atoms with E-state index in [0.29, 0.717) is 0 Å². The van der Waals surface area contributed by atoms with Crippen LogP contribution in [0, 0.1) is 5.82 Å². The van der Waals surface area contributed by atoms with Crippen molar-refractivity contribution in [2.75, 3.05) is 0 Å². The highest BCUT2D eigenvalue weighted by Gasteiger charge is 2.17. The minimum Gasteiger partial charge on any atom is -0.478 e. The number of rotatable bonds is 3. The summed E-state index contributed by atoms with van der Waals surface area (Å²) in [5.41, 5.74) is 0. The summed E-state index contributed by atoms with van der Waals surface area (Å²) in [5.74, 6) is -0.725. The number of imidazole rings is 1. The molecule has 0 N–H and O–H groups in total. The first-order valence-electron chi connectivity index (χ1n) is 5.12. The minimum absolute atomic E-state index is 0.0634. The number of benzene rings is 1. The Kier molecular flexibility index (Phi) is 3.18. The molecule has 1 heterocycles. The first-order chi connectivity index (χ1) is 8.18. The topological polar surface area (TPSA) is 44.1 Å². The second-order valence-corrected chi connectivity index (χ2v) is 3.50. The third-order valence-electron chi connectivity index (χ3n) is 2.25. The van der Waals surface area contributed by atoms with Gasteiger partial charge in [0.2, 0.25) is 0 Å². The molecule has 0 aliphatic heterocycles. The summed E-state index contributed by atoms with van der Waals surface area (Å²) in [6, 6.07) is 5.97. The zero-order valence-corrected chi connectivity index (χ0v) is 9.21. The summed E-state index contributed by atoms with van der Waals surface area (Å²) < 4.78 is 19.9. The van der Waals surface area contributed by atoms with E-state index in [1.54, 1.807) is 19.1 Å². The molecule has 4 nitrogen and oxygen atoms in total. The van der Waals surface area contributed by atoms with Crippen molar-refractivity contribution in [2.24, 2.45) is 0 Å². The van der Waals surface area contributed by atoms with Crippen LogP contribution >= 0.6 is 0 Å². The Morgan fingerprint density at radius 1 is 1.47 bits per heavy atom. The fourth-order valence-electron chi connectivity index (χ4n) is 1.38. The number of carbonyl (C=O) groups excluding carboxylic acids is 1. The lowest BCUT2D eigenvalue weighted by molar-refractivity contribution is 0.0721. The summed E-state index contributed by atoms with van der Waals surface area (Å²) in [4.78, 5) is 15.6. The molecule has 1 aromatic carbocycles. The van der Waals surface area contributed by atoms with Gasteiger partial charge in [0, 0.05) is 12.4 Å². The Bertz CT molecular complexity index is 511. The zero-order chi connectivity index (χ0) is 12.3. The minimum atomic E-state index is -0.777. The Morgan fingerprint density at radius 3 is 2.88 bits per heavy atom. The van der Waals surface area contributed by atoms with Gasteiger partial charge in [-0.05, 0) is 19.1 Å². The van der Waals surface area contributed by atoms with E-state index in [1.807, 2.05) is 0 Å². The number of aromatic nitrogens is 2. The van der Waals surface area contributed by atoms with E-state index >= 15 is 0 Å². The van der Waals surface area contributed by atoms with Gasteiger partial charge in [-0.1, -0.05) is 12.1 Å². The van der Waals surface area contributed by atoms with Gasteiger partial charge < -0.3 is 4.74 Å². The van der Waals surface area contributed by atoms with E-state index in [1.165, 1.54) is 35.4 Å². The second-order valence-electron chi connectivity index (χ2n) is 3.50. The lowest BCUT2D eigenvalue weighted by Gasteiger charge is -2.13. The number of hydrogen-bond donors (Lipinski definition) is 0. The second kappa shape index (κ2) is 4.78. The maximum Gasteiger partial charge on any atom is 0.272 e. The lowest BCUT2D eigenvalue weighted by atomic mass is 10.3. The maximum absolute atomic E-state index is 13.3. The third-order valence-corrected chi connectivity index (χ3v) is 2.25. The molecule has 0 spiro atoms.